The predicted molar refractivity (Wildman–Crippen MR) is 126 cm³/mol. The number of hydrogen-bond donors (Lipinski definition) is 0. The quantitative estimate of drug-likeness (QED) is 0.661. The first-order valence-corrected chi connectivity index (χ1v) is 13.0. The van der Waals surface area contributed by atoms with Gasteiger partial charge in [-0.25, -0.2) is 8.42 Å². The van der Waals surface area contributed by atoms with E-state index in [0.717, 1.165) is 32.5 Å². The number of amides is 1. The summed E-state index contributed by atoms with van der Waals surface area (Å²) < 4.78 is 28.0. The van der Waals surface area contributed by atoms with Crippen molar-refractivity contribution in [2.45, 2.75) is 31.2 Å². The van der Waals surface area contributed by atoms with Crippen LogP contribution in [0.4, 0.5) is 0 Å². The molecular weight excluding hydrogens is 446 g/mol. The van der Waals surface area contributed by atoms with Gasteiger partial charge in [-0.3, -0.25) is 9.69 Å². The molecule has 0 aromatic heterocycles. The molecule has 2 saturated heterocycles. The molecule has 0 N–H and O–H groups in total. The van der Waals surface area contributed by atoms with Gasteiger partial charge >= 0.3 is 0 Å². The van der Waals surface area contributed by atoms with Crippen LogP contribution in [0.3, 0.4) is 0 Å². The molecule has 1 atom stereocenters. The number of rotatable bonds is 5. The van der Waals surface area contributed by atoms with Crippen molar-refractivity contribution in [1.82, 2.24) is 14.1 Å². The van der Waals surface area contributed by atoms with Crippen LogP contribution in [0.5, 0.6) is 0 Å². The van der Waals surface area contributed by atoms with Gasteiger partial charge in [-0.05, 0) is 42.5 Å². The second kappa shape index (κ2) is 9.91. The molecule has 2 fully saturated rings. The van der Waals surface area contributed by atoms with Gasteiger partial charge in [0.05, 0.1) is 5.02 Å². The molecule has 2 aromatic carbocycles. The molecule has 32 heavy (non-hydrogen) atoms. The van der Waals surface area contributed by atoms with Gasteiger partial charge in [0.2, 0.25) is 10.0 Å². The Hall–Kier alpha value is -1.93. The minimum atomic E-state index is -3.73. The van der Waals surface area contributed by atoms with Crippen LogP contribution in [-0.2, 0) is 16.6 Å². The number of carbonyl (C=O) groups is 1. The Morgan fingerprint density at radius 3 is 2.44 bits per heavy atom. The van der Waals surface area contributed by atoms with E-state index in [9.17, 15) is 13.2 Å². The van der Waals surface area contributed by atoms with Crippen molar-refractivity contribution in [3.8, 4) is 0 Å². The summed E-state index contributed by atoms with van der Waals surface area (Å²) in [7, 11) is -3.73. The van der Waals surface area contributed by atoms with Crippen LogP contribution in [0.2, 0.25) is 5.02 Å². The van der Waals surface area contributed by atoms with Crippen molar-refractivity contribution >= 4 is 27.5 Å². The predicted octanol–water partition coefficient (Wildman–Crippen LogP) is 3.72. The molecule has 1 amide bonds. The number of piperazine rings is 1. The lowest BCUT2D eigenvalue weighted by Crippen LogP contribution is -2.48. The molecule has 0 radical (unpaired) electrons. The molecule has 6 nitrogen and oxygen atoms in total. The van der Waals surface area contributed by atoms with Gasteiger partial charge < -0.3 is 4.90 Å². The highest BCUT2D eigenvalue weighted by molar-refractivity contribution is 7.89. The summed E-state index contributed by atoms with van der Waals surface area (Å²) in [5, 5.41) is 0.160. The van der Waals surface area contributed by atoms with E-state index in [1.54, 1.807) is 11.0 Å². The molecule has 0 bridgehead atoms. The maximum absolute atomic E-state index is 13.2. The average molecular weight is 476 g/mol. The fourth-order valence-electron chi connectivity index (χ4n) is 4.47. The molecule has 0 spiro atoms. The van der Waals surface area contributed by atoms with Gasteiger partial charge in [0.25, 0.3) is 5.91 Å². The van der Waals surface area contributed by atoms with Crippen molar-refractivity contribution < 1.29 is 13.2 Å². The first kappa shape index (κ1) is 23.2. The van der Waals surface area contributed by atoms with Crippen LogP contribution in [0.25, 0.3) is 0 Å². The second-order valence-corrected chi connectivity index (χ2v) is 11.1. The van der Waals surface area contributed by atoms with E-state index in [1.807, 2.05) is 18.2 Å². The number of carbonyl (C=O) groups excluding carboxylic acids is 1. The van der Waals surface area contributed by atoms with E-state index in [1.165, 1.54) is 22.0 Å². The topological polar surface area (TPSA) is 60.9 Å². The maximum atomic E-state index is 13.2. The zero-order valence-electron chi connectivity index (χ0n) is 18.4. The van der Waals surface area contributed by atoms with E-state index < -0.39 is 10.0 Å². The molecule has 2 heterocycles. The average Bonchev–Trinajstić information content (AvgIpc) is 2.80. The van der Waals surface area contributed by atoms with Crippen molar-refractivity contribution in [1.29, 1.82) is 0 Å². The Labute approximate surface area is 195 Å². The van der Waals surface area contributed by atoms with Gasteiger partial charge in [0.1, 0.15) is 4.90 Å². The number of benzene rings is 2. The molecule has 1 unspecified atom stereocenters. The SMILES string of the molecule is CC1CCCN(S(=O)(=O)c2cc(C(=O)N3CCN(Cc4ccccc4)CC3)ccc2Cl)C1. The van der Waals surface area contributed by atoms with E-state index in [-0.39, 0.29) is 15.8 Å². The standard InChI is InChI=1S/C24H30ClN3O3S/c1-19-6-5-11-28(17-19)32(30,31)23-16-21(9-10-22(23)25)24(29)27-14-12-26(13-15-27)18-20-7-3-2-4-8-20/h2-4,7-10,16,19H,5-6,11-15,17-18H2,1H3. The number of hydrogen-bond acceptors (Lipinski definition) is 4. The highest BCUT2D eigenvalue weighted by Gasteiger charge is 2.31. The lowest BCUT2D eigenvalue weighted by Gasteiger charge is -2.35. The van der Waals surface area contributed by atoms with Gasteiger partial charge in [0.15, 0.2) is 0 Å². The third-order valence-corrected chi connectivity index (χ3v) is 8.67. The van der Waals surface area contributed by atoms with E-state index >= 15 is 0 Å². The Bertz CT molecular complexity index is 1050. The molecule has 172 valence electrons. The number of halogens is 1. The van der Waals surface area contributed by atoms with Gasteiger partial charge in [-0.1, -0.05) is 48.9 Å². The van der Waals surface area contributed by atoms with Crippen LogP contribution in [-0.4, -0.2) is 67.7 Å². The molecule has 4 rings (SSSR count). The van der Waals surface area contributed by atoms with Crippen LogP contribution in [0, 0.1) is 5.92 Å². The van der Waals surface area contributed by atoms with Crippen molar-refractivity contribution in [3.05, 3.63) is 64.7 Å². The monoisotopic (exact) mass is 475 g/mol. The summed E-state index contributed by atoms with van der Waals surface area (Å²) in [5.41, 5.74) is 1.63. The molecular formula is C24H30ClN3O3S. The van der Waals surface area contributed by atoms with Crippen LogP contribution in [0.15, 0.2) is 53.4 Å². The summed E-state index contributed by atoms with van der Waals surface area (Å²) >= 11 is 6.29. The van der Waals surface area contributed by atoms with Crippen molar-refractivity contribution in [2.75, 3.05) is 39.3 Å². The van der Waals surface area contributed by atoms with E-state index in [2.05, 4.69) is 24.0 Å². The zero-order valence-corrected chi connectivity index (χ0v) is 20.0. The van der Waals surface area contributed by atoms with Gasteiger partial charge in [-0.2, -0.15) is 4.31 Å². The van der Waals surface area contributed by atoms with Crippen LogP contribution < -0.4 is 0 Å². The minimum Gasteiger partial charge on any atom is -0.336 e. The van der Waals surface area contributed by atoms with Crippen molar-refractivity contribution in [2.24, 2.45) is 5.92 Å². The highest BCUT2D eigenvalue weighted by Crippen LogP contribution is 2.29. The number of sulfonamides is 1. The fourth-order valence-corrected chi connectivity index (χ4v) is 6.57. The first-order chi connectivity index (χ1) is 15.3. The Balaban J connectivity index is 1.45. The summed E-state index contributed by atoms with van der Waals surface area (Å²) in [6, 6.07) is 14.9. The summed E-state index contributed by atoms with van der Waals surface area (Å²) in [6.45, 7) is 6.68. The van der Waals surface area contributed by atoms with Crippen molar-refractivity contribution in [3.63, 3.8) is 0 Å². The number of piperidine rings is 1. The zero-order chi connectivity index (χ0) is 22.7. The highest BCUT2D eigenvalue weighted by atomic mass is 35.5. The second-order valence-electron chi connectivity index (χ2n) is 8.81. The molecule has 2 aromatic rings. The van der Waals surface area contributed by atoms with E-state index in [4.69, 9.17) is 11.6 Å². The van der Waals surface area contributed by atoms with Gasteiger partial charge in [-0.15, -0.1) is 0 Å². The normalized spacial score (nSPS) is 20.9. The smallest absolute Gasteiger partial charge is 0.253 e. The molecule has 0 aliphatic carbocycles. The van der Waals surface area contributed by atoms with Crippen LogP contribution >= 0.6 is 11.6 Å². The largest absolute Gasteiger partial charge is 0.336 e. The number of nitrogens with zero attached hydrogens (tertiary/aromatic N) is 3. The summed E-state index contributed by atoms with van der Waals surface area (Å²) in [5.74, 6) is 0.166. The molecule has 8 heteroatoms. The molecule has 2 aliphatic heterocycles. The Morgan fingerprint density at radius 2 is 1.75 bits per heavy atom. The summed E-state index contributed by atoms with van der Waals surface area (Å²) in [4.78, 5) is 17.3. The Kier molecular flexibility index (Phi) is 7.20. The lowest BCUT2D eigenvalue weighted by atomic mass is 10.0. The maximum Gasteiger partial charge on any atom is 0.253 e. The van der Waals surface area contributed by atoms with E-state index in [0.29, 0.717) is 37.7 Å². The Morgan fingerprint density at radius 1 is 1.03 bits per heavy atom. The molecule has 0 saturated carbocycles. The third kappa shape index (κ3) is 5.17. The minimum absolute atomic E-state index is 0.0295. The lowest BCUT2D eigenvalue weighted by molar-refractivity contribution is 0.0628. The molecule has 2 aliphatic rings. The third-order valence-electron chi connectivity index (χ3n) is 6.32. The van der Waals surface area contributed by atoms with Gasteiger partial charge in [0, 0.05) is 51.4 Å². The first-order valence-electron chi connectivity index (χ1n) is 11.2. The van der Waals surface area contributed by atoms with Crippen LogP contribution in [0.1, 0.15) is 35.7 Å². The summed E-state index contributed by atoms with van der Waals surface area (Å²) in [6.07, 6.45) is 1.86. The fraction of sp³-hybridized carbons (Fsp3) is 0.458.